The third kappa shape index (κ3) is 3.54. The van der Waals surface area contributed by atoms with Gasteiger partial charge in [-0.2, -0.15) is 0 Å². The predicted molar refractivity (Wildman–Crippen MR) is 84.5 cm³/mol. The summed E-state index contributed by atoms with van der Waals surface area (Å²) < 4.78 is 0.830. The van der Waals surface area contributed by atoms with E-state index in [1.54, 1.807) is 18.2 Å². The number of nitrogens with one attached hydrogen (secondary N) is 1. The number of likely N-dealkylation sites (tertiary alicyclic amines) is 1. The molecule has 1 heterocycles. The van der Waals surface area contributed by atoms with Crippen molar-refractivity contribution in [2.24, 2.45) is 10.9 Å². The second-order valence-electron chi connectivity index (χ2n) is 5.34. The number of piperidine rings is 1. The summed E-state index contributed by atoms with van der Waals surface area (Å²) in [6, 6.07) is 7.12. The topological polar surface area (TPSA) is 91.0 Å². The lowest BCUT2D eigenvalue weighted by Crippen LogP contribution is -2.62. The quantitative estimate of drug-likeness (QED) is 0.331. The SMILES string of the molecule is CN1CCC(NC(=O)c2cccc(Br)c2)(/C(N)=N/O)CC1. The van der Waals surface area contributed by atoms with Crippen molar-refractivity contribution in [2.45, 2.75) is 18.4 Å². The number of amidine groups is 1. The van der Waals surface area contributed by atoms with Gasteiger partial charge in [-0.1, -0.05) is 27.2 Å². The molecule has 1 aliphatic heterocycles. The summed E-state index contributed by atoms with van der Waals surface area (Å²) in [5, 5.41) is 15.1. The van der Waals surface area contributed by atoms with Crippen molar-refractivity contribution in [1.29, 1.82) is 0 Å². The van der Waals surface area contributed by atoms with Crippen LogP contribution >= 0.6 is 15.9 Å². The van der Waals surface area contributed by atoms with Crippen LogP contribution in [0.2, 0.25) is 0 Å². The maximum absolute atomic E-state index is 12.4. The molecule has 1 aromatic rings. The molecule has 0 bridgehead atoms. The summed E-state index contributed by atoms with van der Waals surface area (Å²) in [6.45, 7) is 1.55. The molecule has 0 aromatic heterocycles. The summed E-state index contributed by atoms with van der Waals surface area (Å²) in [7, 11) is 2.01. The number of hydrogen-bond donors (Lipinski definition) is 3. The third-order valence-electron chi connectivity index (χ3n) is 3.88. The number of benzene rings is 1. The molecule has 0 aliphatic carbocycles. The summed E-state index contributed by atoms with van der Waals surface area (Å²) in [5.41, 5.74) is 5.59. The molecule has 1 saturated heterocycles. The van der Waals surface area contributed by atoms with Crippen molar-refractivity contribution in [1.82, 2.24) is 10.2 Å². The van der Waals surface area contributed by atoms with E-state index in [1.165, 1.54) is 0 Å². The van der Waals surface area contributed by atoms with E-state index >= 15 is 0 Å². The molecule has 21 heavy (non-hydrogen) atoms. The summed E-state index contributed by atoms with van der Waals surface area (Å²) in [4.78, 5) is 14.6. The van der Waals surface area contributed by atoms with Crippen molar-refractivity contribution >= 4 is 27.7 Å². The lowest BCUT2D eigenvalue weighted by Gasteiger charge is -2.40. The van der Waals surface area contributed by atoms with Crippen LogP contribution in [0.3, 0.4) is 0 Å². The van der Waals surface area contributed by atoms with Crippen molar-refractivity contribution in [2.75, 3.05) is 20.1 Å². The first-order chi connectivity index (χ1) is 9.97. The highest BCUT2D eigenvalue weighted by molar-refractivity contribution is 9.10. The van der Waals surface area contributed by atoms with Crippen molar-refractivity contribution < 1.29 is 10.0 Å². The summed E-state index contributed by atoms with van der Waals surface area (Å²) in [5.74, 6) is -0.175. The van der Waals surface area contributed by atoms with Gasteiger partial charge in [0.2, 0.25) is 0 Å². The monoisotopic (exact) mass is 354 g/mol. The molecule has 1 amide bonds. The van der Waals surface area contributed by atoms with Crippen LogP contribution in [0.4, 0.5) is 0 Å². The highest BCUT2D eigenvalue weighted by Crippen LogP contribution is 2.23. The minimum absolute atomic E-state index is 0.0546. The predicted octanol–water partition coefficient (Wildman–Crippen LogP) is 1.39. The molecular weight excluding hydrogens is 336 g/mol. The maximum atomic E-state index is 12.4. The van der Waals surface area contributed by atoms with Gasteiger partial charge in [0.05, 0.1) is 0 Å². The Morgan fingerprint density at radius 2 is 2.14 bits per heavy atom. The van der Waals surface area contributed by atoms with Gasteiger partial charge in [0.25, 0.3) is 5.91 Å². The van der Waals surface area contributed by atoms with Gasteiger partial charge in [-0.25, -0.2) is 0 Å². The number of carbonyl (C=O) groups is 1. The van der Waals surface area contributed by atoms with E-state index in [9.17, 15) is 4.79 Å². The van der Waals surface area contributed by atoms with Gasteiger partial charge >= 0.3 is 0 Å². The van der Waals surface area contributed by atoms with Gasteiger partial charge in [-0.3, -0.25) is 4.79 Å². The molecule has 0 atom stereocenters. The van der Waals surface area contributed by atoms with Crippen LogP contribution in [0.15, 0.2) is 33.9 Å². The fraction of sp³-hybridized carbons (Fsp3) is 0.429. The number of nitrogens with zero attached hydrogens (tertiary/aromatic N) is 2. The number of hydrogen-bond acceptors (Lipinski definition) is 4. The van der Waals surface area contributed by atoms with Crippen LogP contribution in [0.5, 0.6) is 0 Å². The van der Waals surface area contributed by atoms with E-state index in [-0.39, 0.29) is 11.7 Å². The Morgan fingerprint density at radius 3 is 2.71 bits per heavy atom. The van der Waals surface area contributed by atoms with Crippen LogP contribution in [-0.4, -0.2) is 47.5 Å². The van der Waals surface area contributed by atoms with Crippen molar-refractivity contribution in [3.05, 3.63) is 34.3 Å². The number of carbonyl (C=O) groups excluding carboxylic acids is 1. The maximum Gasteiger partial charge on any atom is 0.252 e. The van der Waals surface area contributed by atoms with Gasteiger partial charge in [0, 0.05) is 23.1 Å². The first kappa shape index (κ1) is 15.8. The second-order valence-corrected chi connectivity index (χ2v) is 6.25. The largest absolute Gasteiger partial charge is 0.409 e. The highest BCUT2D eigenvalue weighted by Gasteiger charge is 2.39. The second kappa shape index (κ2) is 6.44. The molecule has 2 rings (SSSR count). The minimum atomic E-state index is -0.791. The first-order valence-electron chi connectivity index (χ1n) is 6.71. The molecule has 7 heteroatoms. The average molecular weight is 355 g/mol. The standard InChI is InChI=1S/C14H19BrN4O2/c1-19-7-5-14(6-8-19,13(16)18-21)17-12(20)10-3-2-4-11(15)9-10/h2-4,9,21H,5-8H2,1H3,(H2,16,18)(H,17,20). The van der Waals surface area contributed by atoms with Gasteiger partial charge in [-0.05, 0) is 38.1 Å². The van der Waals surface area contributed by atoms with Gasteiger partial charge in [0.1, 0.15) is 5.54 Å². The molecular formula is C14H19BrN4O2. The molecule has 0 radical (unpaired) electrons. The smallest absolute Gasteiger partial charge is 0.252 e. The highest BCUT2D eigenvalue weighted by atomic mass is 79.9. The molecule has 114 valence electrons. The Labute approximate surface area is 132 Å². The van der Waals surface area contributed by atoms with Crippen LogP contribution in [0.25, 0.3) is 0 Å². The van der Waals surface area contributed by atoms with Crippen LogP contribution < -0.4 is 11.1 Å². The van der Waals surface area contributed by atoms with E-state index in [4.69, 9.17) is 10.9 Å². The van der Waals surface area contributed by atoms with Crippen LogP contribution in [-0.2, 0) is 0 Å². The third-order valence-corrected chi connectivity index (χ3v) is 4.37. The molecule has 1 aliphatic rings. The Balaban J connectivity index is 2.21. The Hall–Kier alpha value is -1.60. The first-order valence-corrected chi connectivity index (χ1v) is 7.51. The van der Waals surface area contributed by atoms with E-state index in [0.717, 1.165) is 17.6 Å². The molecule has 1 fully saturated rings. The van der Waals surface area contributed by atoms with Gasteiger partial charge in [0.15, 0.2) is 5.84 Å². The molecule has 0 unspecified atom stereocenters. The lowest BCUT2D eigenvalue weighted by atomic mass is 9.86. The van der Waals surface area contributed by atoms with Crippen molar-refractivity contribution in [3.8, 4) is 0 Å². The van der Waals surface area contributed by atoms with Gasteiger partial charge in [-0.15, -0.1) is 0 Å². The minimum Gasteiger partial charge on any atom is -0.409 e. The number of amides is 1. The fourth-order valence-electron chi connectivity index (χ4n) is 2.46. The van der Waals surface area contributed by atoms with Gasteiger partial charge < -0.3 is 21.2 Å². The zero-order valence-corrected chi connectivity index (χ0v) is 13.4. The van der Waals surface area contributed by atoms with Crippen LogP contribution in [0, 0.1) is 0 Å². The average Bonchev–Trinajstić information content (AvgIpc) is 2.49. The molecule has 6 nitrogen and oxygen atoms in total. The number of oxime groups is 1. The summed E-state index contributed by atoms with van der Waals surface area (Å²) >= 11 is 3.34. The Kier molecular flexibility index (Phi) is 4.84. The van der Waals surface area contributed by atoms with Crippen molar-refractivity contribution in [3.63, 3.8) is 0 Å². The Morgan fingerprint density at radius 1 is 1.48 bits per heavy atom. The number of rotatable bonds is 3. The van der Waals surface area contributed by atoms with E-state index in [1.807, 2.05) is 13.1 Å². The molecule has 4 N–H and O–H groups in total. The summed E-state index contributed by atoms with van der Waals surface area (Å²) in [6.07, 6.45) is 1.22. The van der Waals surface area contributed by atoms with E-state index in [2.05, 4.69) is 31.3 Å². The zero-order valence-electron chi connectivity index (χ0n) is 11.8. The molecule has 0 spiro atoms. The Bertz CT molecular complexity index is 554. The molecule has 1 aromatic carbocycles. The fourth-order valence-corrected chi connectivity index (χ4v) is 2.86. The molecule has 0 saturated carbocycles. The number of nitrogens with two attached hydrogens (primary N) is 1. The normalized spacial score (nSPS) is 19.2. The lowest BCUT2D eigenvalue weighted by molar-refractivity contribution is 0.0886. The van der Waals surface area contributed by atoms with E-state index < -0.39 is 5.54 Å². The number of halogens is 1. The van der Waals surface area contributed by atoms with E-state index in [0.29, 0.717) is 18.4 Å². The van der Waals surface area contributed by atoms with Crippen LogP contribution in [0.1, 0.15) is 23.2 Å². The zero-order chi connectivity index (χ0) is 15.5.